The number of halogens is 3. The van der Waals surface area contributed by atoms with Crippen LogP contribution in [0, 0.1) is 5.92 Å². The minimum atomic E-state index is -4.71. The van der Waals surface area contributed by atoms with Gasteiger partial charge >= 0.3 is 6.18 Å². The molecule has 3 heterocycles. The topological polar surface area (TPSA) is 61.4 Å². The van der Waals surface area contributed by atoms with Crippen LogP contribution in [0.2, 0.25) is 0 Å². The summed E-state index contributed by atoms with van der Waals surface area (Å²) >= 11 is 0. The second-order valence-corrected chi connectivity index (χ2v) is 6.74. The summed E-state index contributed by atoms with van der Waals surface area (Å²) in [5.74, 6) is 0.572. The molecule has 27 heavy (non-hydrogen) atoms. The number of hydrogen-bond acceptors (Lipinski definition) is 5. The van der Waals surface area contributed by atoms with Crippen molar-refractivity contribution in [2.45, 2.75) is 25.1 Å². The summed E-state index contributed by atoms with van der Waals surface area (Å²) in [6, 6.07) is -0.0953. The van der Waals surface area contributed by atoms with Crippen molar-refractivity contribution in [2.24, 2.45) is 5.92 Å². The van der Waals surface area contributed by atoms with Crippen LogP contribution < -0.4 is 10.2 Å². The smallest absolute Gasteiger partial charge is 0.372 e. The highest BCUT2D eigenvalue weighted by Gasteiger charge is 2.44. The third-order valence-electron chi connectivity index (χ3n) is 5.33. The van der Waals surface area contributed by atoms with Crippen LogP contribution >= 0.6 is 0 Å². The summed E-state index contributed by atoms with van der Waals surface area (Å²) in [5, 5.41) is 2.99. The first-order chi connectivity index (χ1) is 12.8. The van der Waals surface area contributed by atoms with Gasteiger partial charge in [-0.15, -0.1) is 0 Å². The summed E-state index contributed by atoms with van der Waals surface area (Å²) in [7, 11) is 1.75. The van der Waals surface area contributed by atoms with Crippen molar-refractivity contribution >= 4 is 23.6 Å². The van der Waals surface area contributed by atoms with Crippen LogP contribution in [-0.4, -0.2) is 59.7 Å². The molecule has 3 rings (SSSR count). The Morgan fingerprint density at radius 2 is 2.04 bits per heavy atom. The Morgan fingerprint density at radius 3 is 2.67 bits per heavy atom. The van der Waals surface area contributed by atoms with Crippen LogP contribution in [0.15, 0.2) is 25.1 Å². The lowest BCUT2D eigenvalue weighted by atomic mass is 9.91. The standard InChI is InChI=1S/C18H22F3N5O/c1-4-13-15(22-3)23-10-24-16(13)26-8-6-12-5-7-25(9-14(12)26)17(27)11(2)18(19,20)21/h4,10,12,14H,1-2,5-9H2,3H3,(H,22,23,24)/t12-,14-/m1/s1. The number of aromatic nitrogens is 2. The predicted molar refractivity (Wildman–Crippen MR) is 97.3 cm³/mol. The molecule has 0 aliphatic carbocycles. The average Bonchev–Trinajstić information content (AvgIpc) is 3.08. The molecule has 1 amide bonds. The Morgan fingerprint density at radius 1 is 1.33 bits per heavy atom. The van der Waals surface area contributed by atoms with E-state index in [-0.39, 0.29) is 12.6 Å². The number of alkyl halides is 3. The zero-order valence-corrected chi connectivity index (χ0v) is 15.1. The van der Waals surface area contributed by atoms with Gasteiger partial charge in [-0.05, 0) is 18.8 Å². The number of amides is 1. The van der Waals surface area contributed by atoms with Gasteiger partial charge in [0, 0.05) is 26.7 Å². The Hall–Kier alpha value is -2.58. The fraction of sp³-hybridized carbons (Fsp3) is 0.500. The van der Waals surface area contributed by atoms with Crippen molar-refractivity contribution in [1.82, 2.24) is 14.9 Å². The molecular formula is C18H22F3N5O. The lowest BCUT2D eigenvalue weighted by Gasteiger charge is -2.39. The first kappa shape index (κ1) is 19.2. The first-order valence-electron chi connectivity index (χ1n) is 8.75. The number of anilines is 2. The average molecular weight is 381 g/mol. The molecule has 146 valence electrons. The summed E-state index contributed by atoms with van der Waals surface area (Å²) in [6.07, 6.45) is -0.0496. The Balaban J connectivity index is 1.85. The molecule has 0 aromatic carbocycles. The molecule has 1 aromatic heterocycles. The van der Waals surface area contributed by atoms with E-state index in [1.807, 2.05) is 0 Å². The highest BCUT2D eigenvalue weighted by Crippen LogP contribution is 2.38. The van der Waals surface area contributed by atoms with Gasteiger partial charge in [-0.2, -0.15) is 13.2 Å². The molecule has 2 aliphatic heterocycles. The monoisotopic (exact) mass is 381 g/mol. The molecule has 6 nitrogen and oxygen atoms in total. The molecule has 0 unspecified atom stereocenters. The highest BCUT2D eigenvalue weighted by atomic mass is 19.4. The van der Waals surface area contributed by atoms with Gasteiger partial charge < -0.3 is 15.1 Å². The zero-order valence-electron chi connectivity index (χ0n) is 15.1. The zero-order chi connectivity index (χ0) is 19.8. The molecule has 9 heteroatoms. The normalized spacial score (nSPS) is 22.4. The SMILES string of the molecule is C=Cc1c(NC)ncnc1N1CC[C@H]2CCN(C(=O)C(=C)C(F)(F)F)C[C@H]21. The van der Waals surface area contributed by atoms with Gasteiger partial charge in [-0.1, -0.05) is 19.2 Å². The molecule has 0 saturated carbocycles. The van der Waals surface area contributed by atoms with Crippen LogP contribution in [0.1, 0.15) is 18.4 Å². The maximum atomic E-state index is 12.9. The van der Waals surface area contributed by atoms with Crippen molar-refractivity contribution in [3.8, 4) is 0 Å². The fourth-order valence-corrected chi connectivity index (χ4v) is 3.90. The second-order valence-electron chi connectivity index (χ2n) is 6.74. The third kappa shape index (κ3) is 3.50. The van der Waals surface area contributed by atoms with Gasteiger partial charge in [0.15, 0.2) is 0 Å². The van der Waals surface area contributed by atoms with Gasteiger partial charge in [-0.25, -0.2) is 9.97 Å². The van der Waals surface area contributed by atoms with Gasteiger partial charge in [0.05, 0.1) is 11.6 Å². The molecule has 0 radical (unpaired) electrons. The molecular weight excluding hydrogens is 359 g/mol. The van der Waals surface area contributed by atoms with Crippen molar-refractivity contribution in [2.75, 3.05) is 36.9 Å². The maximum absolute atomic E-state index is 12.9. The van der Waals surface area contributed by atoms with Crippen LogP contribution in [0.4, 0.5) is 24.8 Å². The lowest BCUT2D eigenvalue weighted by molar-refractivity contribution is -0.140. The Bertz CT molecular complexity index is 764. The predicted octanol–water partition coefficient (Wildman–Crippen LogP) is 2.71. The molecule has 2 atom stereocenters. The number of nitrogens with one attached hydrogen (secondary N) is 1. The molecule has 2 aliphatic rings. The summed E-state index contributed by atoms with van der Waals surface area (Å²) in [4.78, 5) is 24.1. The number of carbonyl (C=O) groups excluding carboxylic acids is 1. The fourth-order valence-electron chi connectivity index (χ4n) is 3.90. The van der Waals surface area contributed by atoms with E-state index in [9.17, 15) is 18.0 Å². The number of carbonyl (C=O) groups is 1. The van der Waals surface area contributed by atoms with Gasteiger partial charge in [-0.3, -0.25) is 4.79 Å². The van der Waals surface area contributed by atoms with Crippen LogP contribution in [0.3, 0.4) is 0 Å². The minimum absolute atomic E-state index is 0.0953. The van der Waals surface area contributed by atoms with Crippen LogP contribution in [0.25, 0.3) is 6.08 Å². The van der Waals surface area contributed by atoms with E-state index < -0.39 is 17.7 Å². The van der Waals surface area contributed by atoms with E-state index >= 15 is 0 Å². The third-order valence-corrected chi connectivity index (χ3v) is 5.33. The largest absolute Gasteiger partial charge is 0.421 e. The number of likely N-dealkylation sites (tertiary alicyclic amines) is 1. The van der Waals surface area contributed by atoms with Gasteiger partial charge in [0.25, 0.3) is 5.91 Å². The second kappa shape index (κ2) is 7.21. The van der Waals surface area contributed by atoms with Crippen LogP contribution in [-0.2, 0) is 4.79 Å². The number of nitrogens with zero attached hydrogens (tertiary/aromatic N) is 4. The summed E-state index contributed by atoms with van der Waals surface area (Å²) in [6.45, 7) is 8.01. The van der Waals surface area contributed by atoms with E-state index in [0.29, 0.717) is 30.5 Å². The molecule has 0 bridgehead atoms. The lowest BCUT2D eigenvalue weighted by Crippen LogP contribution is -2.51. The summed E-state index contributed by atoms with van der Waals surface area (Å²) < 4.78 is 38.6. The molecule has 1 N–H and O–H groups in total. The van der Waals surface area contributed by atoms with E-state index in [1.54, 1.807) is 13.1 Å². The number of hydrogen-bond donors (Lipinski definition) is 1. The van der Waals surface area contributed by atoms with E-state index in [4.69, 9.17) is 0 Å². The molecule has 1 aromatic rings. The van der Waals surface area contributed by atoms with Crippen molar-refractivity contribution in [3.63, 3.8) is 0 Å². The van der Waals surface area contributed by atoms with Crippen molar-refractivity contribution < 1.29 is 18.0 Å². The quantitative estimate of drug-likeness (QED) is 0.813. The molecule has 0 spiro atoms. The Labute approximate surface area is 155 Å². The highest BCUT2D eigenvalue weighted by molar-refractivity contribution is 5.94. The van der Waals surface area contributed by atoms with Crippen molar-refractivity contribution in [1.29, 1.82) is 0 Å². The van der Waals surface area contributed by atoms with E-state index in [0.717, 1.165) is 18.5 Å². The van der Waals surface area contributed by atoms with Crippen molar-refractivity contribution in [3.05, 3.63) is 30.6 Å². The number of piperidine rings is 1. The van der Waals surface area contributed by atoms with E-state index in [1.165, 1.54) is 11.2 Å². The van der Waals surface area contributed by atoms with Gasteiger partial charge in [0.2, 0.25) is 0 Å². The maximum Gasteiger partial charge on any atom is 0.421 e. The number of fused-ring (bicyclic) bond motifs is 1. The molecule has 2 saturated heterocycles. The molecule has 2 fully saturated rings. The first-order valence-corrected chi connectivity index (χ1v) is 8.75. The Kier molecular flexibility index (Phi) is 5.12. The van der Waals surface area contributed by atoms with Crippen LogP contribution in [0.5, 0.6) is 0 Å². The summed E-state index contributed by atoms with van der Waals surface area (Å²) in [5.41, 5.74) is -0.583. The van der Waals surface area contributed by atoms with Gasteiger partial charge in [0.1, 0.15) is 23.5 Å². The number of rotatable bonds is 4. The minimum Gasteiger partial charge on any atom is -0.372 e. The van der Waals surface area contributed by atoms with E-state index in [2.05, 4.69) is 33.3 Å².